The molecule has 5 atom stereocenters. The Hall–Kier alpha value is -7.49. The zero-order valence-electron chi connectivity index (χ0n) is 45.9. The van der Waals surface area contributed by atoms with Crippen molar-refractivity contribution in [1.82, 2.24) is 64.7 Å². The molecule has 2 saturated heterocycles. The second-order valence-electron chi connectivity index (χ2n) is 20.9. The maximum atomic E-state index is 14.8. The molecular formula is C56H76N18O5. The van der Waals surface area contributed by atoms with Crippen molar-refractivity contribution in [2.24, 2.45) is 23.3 Å². The Kier molecular flexibility index (Phi) is 19.2. The molecule has 0 saturated carbocycles. The van der Waals surface area contributed by atoms with Gasteiger partial charge in [-0.3, -0.25) is 9.59 Å². The summed E-state index contributed by atoms with van der Waals surface area (Å²) >= 11 is 0. The molecule has 0 radical (unpaired) electrons. The summed E-state index contributed by atoms with van der Waals surface area (Å²) in [4.78, 5) is 59.3. The van der Waals surface area contributed by atoms with Crippen molar-refractivity contribution in [3.63, 3.8) is 0 Å². The van der Waals surface area contributed by atoms with Gasteiger partial charge in [-0.25, -0.2) is 9.36 Å². The van der Waals surface area contributed by atoms with Crippen molar-refractivity contribution >= 4 is 51.5 Å². The van der Waals surface area contributed by atoms with Crippen LogP contribution >= 0.6 is 0 Å². The number of piperazine rings is 2. The van der Waals surface area contributed by atoms with Crippen molar-refractivity contribution in [3.05, 3.63) is 95.8 Å². The van der Waals surface area contributed by atoms with E-state index in [9.17, 15) is 9.59 Å². The van der Waals surface area contributed by atoms with Gasteiger partial charge in [0.05, 0.1) is 68.9 Å². The number of carbonyl (C=O) groups excluding carboxylic acids is 2. The Morgan fingerprint density at radius 3 is 1.68 bits per heavy atom. The molecule has 79 heavy (non-hydrogen) atoms. The molecule has 23 heteroatoms. The summed E-state index contributed by atoms with van der Waals surface area (Å²) in [5.41, 5.74) is 18.3. The lowest BCUT2D eigenvalue weighted by atomic mass is 9.98. The molecule has 7 heterocycles. The maximum Gasteiger partial charge on any atom is 0.248 e. The third-order valence-electron chi connectivity index (χ3n) is 14.8. The van der Waals surface area contributed by atoms with E-state index in [-0.39, 0.29) is 36.4 Å². The largest absolute Gasteiger partial charge is 0.377 e. The normalized spacial score (nSPS) is 16.1. The van der Waals surface area contributed by atoms with Crippen molar-refractivity contribution in [2.45, 2.75) is 77.5 Å². The number of nitrogens with zero attached hydrogens (tertiary/aromatic N) is 13. The highest BCUT2D eigenvalue weighted by molar-refractivity contribution is 5.84. The van der Waals surface area contributed by atoms with Gasteiger partial charge in [0, 0.05) is 94.2 Å². The summed E-state index contributed by atoms with van der Waals surface area (Å²) in [7, 11) is 0. The highest BCUT2D eigenvalue weighted by Crippen LogP contribution is 2.28. The van der Waals surface area contributed by atoms with Crippen molar-refractivity contribution in [2.75, 3.05) is 114 Å². The average molecular weight is 1080 g/mol. The molecule has 0 spiro atoms. The second-order valence-corrected chi connectivity index (χ2v) is 20.9. The number of aromatic nitrogens is 11. The molecule has 7 aromatic rings. The number of hydrogen-bond acceptors (Lipinski definition) is 17. The Labute approximate surface area is 461 Å². The van der Waals surface area contributed by atoms with E-state index in [4.69, 9.17) is 47.1 Å². The van der Waals surface area contributed by atoms with Crippen LogP contribution in [0.5, 0.6) is 0 Å². The molecule has 1 unspecified atom stereocenters. The van der Waals surface area contributed by atoms with Crippen molar-refractivity contribution < 1.29 is 23.8 Å². The molecule has 23 nitrogen and oxygen atoms in total. The van der Waals surface area contributed by atoms with E-state index >= 15 is 0 Å². The lowest BCUT2D eigenvalue weighted by Gasteiger charge is -2.38. The van der Waals surface area contributed by atoms with Gasteiger partial charge in [0.1, 0.15) is 18.7 Å². The maximum absolute atomic E-state index is 14.8. The third-order valence-corrected chi connectivity index (χ3v) is 14.8. The minimum atomic E-state index is -0.664. The summed E-state index contributed by atoms with van der Waals surface area (Å²) in [6.45, 7) is 14.7. The molecular weight excluding hydrogens is 1000 g/mol. The number of nitrogens with one attached hydrogen (secondary N) is 3. The Morgan fingerprint density at radius 2 is 1.18 bits per heavy atom. The number of amides is 2. The smallest absolute Gasteiger partial charge is 0.248 e. The van der Waals surface area contributed by atoms with Crippen LogP contribution in [0.15, 0.2) is 73.1 Å². The van der Waals surface area contributed by atoms with E-state index < -0.39 is 12.1 Å². The number of rotatable bonds is 27. The van der Waals surface area contributed by atoms with Gasteiger partial charge in [0.15, 0.2) is 0 Å². The highest BCUT2D eigenvalue weighted by atomic mass is 16.5. The molecule has 9 rings (SSSR count). The Morgan fingerprint density at radius 1 is 0.684 bits per heavy atom. The van der Waals surface area contributed by atoms with Crippen LogP contribution in [0.2, 0.25) is 0 Å². The molecule has 7 N–H and O–H groups in total. The van der Waals surface area contributed by atoms with Crippen LogP contribution in [0.1, 0.15) is 87.5 Å². The summed E-state index contributed by atoms with van der Waals surface area (Å²) in [6.07, 6.45) is 11.3. The SMILES string of the molecule is C#CCOCCOCCOCCNc1nc(N2CCN(C(=O)[C@H](Cc3cc4ccccc4[nH]3)n3cc([C@@H](N)C(C)CC)nn3)CC2)nc(N2CCN(C(=O)[C@H](Cc3cc4ccccc4[nH]3)n3cc([C@@H](N)CC(C)C)nn3)CC2)n1. The number of nitrogens with two attached hydrogens (primary N) is 2. The van der Waals surface area contributed by atoms with Crippen LogP contribution in [0.25, 0.3) is 21.8 Å². The third kappa shape index (κ3) is 14.4. The van der Waals surface area contributed by atoms with Crippen LogP contribution in [0.4, 0.5) is 17.8 Å². The fraction of sp³-hybridized carbons (Fsp3) is 0.518. The quantitative estimate of drug-likeness (QED) is 0.0351. The molecule has 2 amide bonds. The number of fused-ring (bicyclic) bond motifs is 2. The van der Waals surface area contributed by atoms with Crippen molar-refractivity contribution in [3.8, 4) is 12.3 Å². The first-order valence-corrected chi connectivity index (χ1v) is 27.7. The zero-order chi connectivity index (χ0) is 55.3. The number of benzene rings is 2. The predicted molar refractivity (Wildman–Crippen MR) is 302 cm³/mol. The predicted octanol–water partition coefficient (Wildman–Crippen LogP) is 4.47. The van der Waals surface area contributed by atoms with Gasteiger partial charge in [-0.1, -0.05) is 86.9 Å². The van der Waals surface area contributed by atoms with Gasteiger partial charge in [-0.2, -0.15) is 15.0 Å². The van der Waals surface area contributed by atoms with E-state index in [2.05, 4.69) is 104 Å². The number of para-hydroxylation sites is 2. The Balaban J connectivity index is 0.894. The highest BCUT2D eigenvalue weighted by Gasteiger charge is 2.35. The monoisotopic (exact) mass is 1080 g/mol. The van der Waals surface area contributed by atoms with Crippen molar-refractivity contribution in [1.29, 1.82) is 0 Å². The molecule has 5 aromatic heterocycles. The van der Waals surface area contributed by atoms with E-state index in [0.29, 0.717) is 140 Å². The summed E-state index contributed by atoms with van der Waals surface area (Å²) in [6, 6.07) is 18.4. The van der Waals surface area contributed by atoms with Crippen LogP contribution < -0.4 is 26.6 Å². The summed E-state index contributed by atoms with van der Waals surface area (Å²) in [5.74, 6) is 4.21. The number of H-pyrrole nitrogens is 2. The number of hydrogen-bond donors (Lipinski definition) is 5. The number of anilines is 3. The van der Waals surface area contributed by atoms with Gasteiger partial charge < -0.3 is 60.6 Å². The van der Waals surface area contributed by atoms with Gasteiger partial charge in [-0.15, -0.1) is 16.6 Å². The molecule has 420 valence electrons. The van der Waals surface area contributed by atoms with Gasteiger partial charge in [-0.05, 0) is 53.3 Å². The fourth-order valence-electron chi connectivity index (χ4n) is 10.1. The van der Waals surface area contributed by atoms with Crippen LogP contribution in [-0.4, -0.2) is 175 Å². The molecule has 0 bridgehead atoms. The van der Waals surface area contributed by atoms with E-state index in [1.165, 1.54) is 0 Å². The van der Waals surface area contributed by atoms with Crippen LogP contribution in [-0.2, 0) is 36.6 Å². The van der Waals surface area contributed by atoms with E-state index in [1.54, 1.807) is 9.36 Å². The molecule has 2 aromatic carbocycles. The standard InChI is InChI=1S/C56H76N18O5/c1-6-25-77-27-29-79-30-28-78-26-16-59-54-62-55(71-21-17-69(18-22-71)52(75)49(34-42-32-40-12-8-10-14-45(40)60-42)73-36-47(65-67-73)44(57)31-38(3)4)64-56(63-54)72-23-19-70(20-24-72)53(76)50(35-43-33-41-13-9-11-15-46(41)61-43)74-37-48(66-68-74)51(58)39(5)7-2/h1,8-15,32-33,36-39,44,49-51,60-61H,7,16-31,34-35,57-58H2,2-5H3,(H,59,62,63,64)/t39?,44-,49-,50-,51-/m0/s1. The Bertz CT molecular complexity index is 3040. The molecule has 2 aliphatic heterocycles. The fourth-order valence-corrected chi connectivity index (χ4v) is 10.1. The number of aromatic amines is 2. The lowest BCUT2D eigenvalue weighted by molar-refractivity contribution is -0.136. The first-order chi connectivity index (χ1) is 38.4. The van der Waals surface area contributed by atoms with Gasteiger partial charge in [0.25, 0.3) is 0 Å². The average Bonchev–Trinajstić information content (AvgIpc) is 4.39. The minimum Gasteiger partial charge on any atom is -0.377 e. The topological polar surface area (TPSA) is 271 Å². The summed E-state index contributed by atoms with van der Waals surface area (Å²) in [5, 5.41) is 23.4. The lowest BCUT2D eigenvalue weighted by Crippen LogP contribution is -2.52. The van der Waals surface area contributed by atoms with E-state index in [0.717, 1.165) is 46.0 Å². The van der Waals surface area contributed by atoms with Gasteiger partial charge in [0.2, 0.25) is 29.7 Å². The molecule has 2 aliphatic rings. The first kappa shape index (κ1) is 56.2. The van der Waals surface area contributed by atoms with E-state index in [1.807, 2.05) is 58.6 Å². The summed E-state index contributed by atoms with van der Waals surface area (Å²) < 4.78 is 20.0. The number of terminal acetylenes is 1. The molecule has 2 fully saturated rings. The van der Waals surface area contributed by atoms with Crippen LogP contribution in [0, 0.1) is 24.2 Å². The first-order valence-electron chi connectivity index (χ1n) is 27.7. The molecule has 0 aliphatic carbocycles. The number of carbonyl (C=O) groups is 2. The minimum absolute atomic E-state index is 0.0663. The number of ether oxygens (including phenoxy) is 3. The second kappa shape index (κ2) is 26.9. The van der Waals surface area contributed by atoms with Crippen LogP contribution in [0.3, 0.4) is 0 Å². The van der Waals surface area contributed by atoms with Gasteiger partial charge >= 0.3 is 0 Å². The zero-order valence-corrected chi connectivity index (χ0v) is 45.9.